The first-order chi connectivity index (χ1) is 14.6. The highest BCUT2D eigenvalue weighted by molar-refractivity contribution is 6.30. The second kappa shape index (κ2) is 8.79. The third-order valence-corrected chi connectivity index (χ3v) is 5.26. The summed E-state index contributed by atoms with van der Waals surface area (Å²) in [4.78, 5) is 21.1. The summed E-state index contributed by atoms with van der Waals surface area (Å²) in [6.45, 7) is 2.59. The molecule has 4 rings (SSSR count). The van der Waals surface area contributed by atoms with Gasteiger partial charge in [0.05, 0.1) is 16.9 Å². The normalized spacial score (nSPS) is 13.2. The Balaban J connectivity index is 1.72. The molecule has 0 unspecified atom stereocenters. The molecule has 7 heteroatoms. The Morgan fingerprint density at radius 3 is 2.80 bits per heavy atom. The fourth-order valence-electron chi connectivity index (χ4n) is 3.30. The van der Waals surface area contributed by atoms with Gasteiger partial charge in [-0.25, -0.2) is 4.39 Å². The summed E-state index contributed by atoms with van der Waals surface area (Å²) in [5.74, 6) is -0.159. The average Bonchev–Trinajstić information content (AvgIpc) is 3.59. The van der Waals surface area contributed by atoms with Crippen LogP contribution in [0.5, 0.6) is 0 Å². The van der Waals surface area contributed by atoms with Crippen LogP contribution in [0.1, 0.15) is 48.0 Å². The third-order valence-electron chi connectivity index (χ3n) is 5.03. The summed E-state index contributed by atoms with van der Waals surface area (Å²) in [6.07, 6.45) is 7.98. The van der Waals surface area contributed by atoms with E-state index in [-0.39, 0.29) is 11.7 Å². The Kier molecular flexibility index (Phi) is 5.95. The molecule has 2 aromatic heterocycles. The van der Waals surface area contributed by atoms with E-state index < -0.39 is 0 Å². The van der Waals surface area contributed by atoms with Gasteiger partial charge in [-0.2, -0.15) is 0 Å². The van der Waals surface area contributed by atoms with Gasteiger partial charge in [0.1, 0.15) is 5.82 Å². The van der Waals surface area contributed by atoms with Crippen LogP contribution in [-0.4, -0.2) is 22.4 Å². The first-order valence-electron chi connectivity index (χ1n) is 10.0. The minimum atomic E-state index is -0.388. The minimum absolute atomic E-state index is 0.185. The second-order valence-electron chi connectivity index (χ2n) is 7.36. The van der Waals surface area contributed by atoms with E-state index in [1.54, 1.807) is 30.7 Å². The zero-order valence-electron chi connectivity index (χ0n) is 16.6. The largest absolute Gasteiger partial charge is 0.354 e. The summed E-state index contributed by atoms with van der Waals surface area (Å²) in [5.41, 5.74) is 3.77. The van der Waals surface area contributed by atoms with Gasteiger partial charge in [-0.05, 0) is 61.1 Å². The van der Waals surface area contributed by atoms with Crippen molar-refractivity contribution in [2.24, 2.45) is 0 Å². The molecular weight excluding hydrogens is 403 g/mol. The standard InChI is InChI=1S/C23H22ClFN4O/c1-2-8-27-23(30)18-12-26-9-7-20(18)29-22-11-21(28-13-17(22)14-3-4-14)16-10-15(24)5-6-19(16)25/h5-7,9-14H,2-4,8H2,1H3,(H,27,30)(H,26,28,29). The fourth-order valence-corrected chi connectivity index (χ4v) is 3.47. The Hall–Kier alpha value is -2.99. The van der Waals surface area contributed by atoms with Crippen molar-refractivity contribution in [1.82, 2.24) is 15.3 Å². The summed E-state index contributed by atoms with van der Waals surface area (Å²) in [5, 5.41) is 6.69. The van der Waals surface area contributed by atoms with E-state index in [9.17, 15) is 9.18 Å². The number of carbonyl (C=O) groups is 1. The number of hydrogen-bond acceptors (Lipinski definition) is 4. The number of rotatable bonds is 7. The molecule has 3 aromatic rings. The zero-order chi connectivity index (χ0) is 21.1. The molecule has 2 N–H and O–H groups in total. The molecule has 1 aliphatic rings. The smallest absolute Gasteiger partial charge is 0.254 e. The van der Waals surface area contributed by atoms with Crippen molar-refractivity contribution in [3.8, 4) is 11.3 Å². The first kappa shape index (κ1) is 20.3. The summed E-state index contributed by atoms with van der Waals surface area (Å²) in [7, 11) is 0. The lowest BCUT2D eigenvalue weighted by Gasteiger charge is -2.16. The first-order valence-corrected chi connectivity index (χ1v) is 10.4. The second-order valence-corrected chi connectivity index (χ2v) is 7.79. The van der Waals surface area contributed by atoms with E-state index in [1.807, 2.05) is 13.0 Å². The molecule has 0 aliphatic heterocycles. The van der Waals surface area contributed by atoms with Crippen molar-refractivity contribution < 1.29 is 9.18 Å². The number of nitrogens with zero attached hydrogens (tertiary/aromatic N) is 2. The van der Waals surface area contributed by atoms with Crippen molar-refractivity contribution in [2.45, 2.75) is 32.1 Å². The summed E-state index contributed by atoms with van der Waals surface area (Å²) in [6, 6.07) is 7.99. The van der Waals surface area contributed by atoms with Gasteiger partial charge >= 0.3 is 0 Å². The number of amides is 1. The van der Waals surface area contributed by atoms with Gasteiger partial charge in [0.25, 0.3) is 5.91 Å². The maximum atomic E-state index is 14.4. The van der Waals surface area contributed by atoms with Crippen LogP contribution in [-0.2, 0) is 0 Å². The van der Waals surface area contributed by atoms with Crippen LogP contribution in [0.15, 0.2) is 48.9 Å². The average molecular weight is 425 g/mol. The van der Waals surface area contributed by atoms with E-state index in [1.165, 1.54) is 12.1 Å². The third kappa shape index (κ3) is 4.44. The summed E-state index contributed by atoms with van der Waals surface area (Å²) < 4.78 is 14.4. The molecule has 0 spiro atoms. The van der Waals surface area contributed by atoms with E-state index in [4.69, 9.17) is 11.6 Å². The Bertz CT molecular complexity index is 1080. The molecule has 0 radical (unpaired) electrons. The van der Waals surface area contributed by atoms with Gasteiger partial charge in [-0.15, -0.1) is 0 Å². The van der Waals surface area contributed by atoms with Gasteiger partial charge in [-0.1, -0.05) is 18.5 Å². The fraction of sp³-hybridized carbons (Fsp3) is 0.261. The summed E-state index contributed by atoms with van der Waals surface area (Å²) >= 11 is 6.06. The number of halogens is 2. The number of carbonyl (C=O) groups excluding carboxylic acids is 1. The van der Waals surface area contributed by atoms with Crippen LogP contribution in [0.25, 0.3) is 11.3 Å². The maximum absolute atomic E-state index is 14.4. The number of hydrogen-bond donors (Lipinski definition) is 2. The number of nitrogens with one attached hydrogen (secondary N) is 2. The van der Waals surface area contributed by atoms with E-state index >= 15 is 0 Å². The van der Waals surface area contributed by atoms with Gasteiger partial charge in [0.2, 0.25) is 0 Å². The number of aromatic nitrogens is 2. The predicted molar refractivity (Wildman–Crippen MR) is 117 cm³/mol. The Morgan fingerprint density at radius 1 is 1.20 bits per heavy atom. The van der Waals surface area contributed by atoms with Gasteiger partial charge in [-0.3, -0.25) is 14.8 Å². The quantitative estimate of drug-likeness (QED) is 0.510. The predicted octanol–water partition coefficient (Wildman–Crippen LogP) is 5.70. The monoisotopic (exact) mass is 424 g/mol. The van der Waals surface area contributed by atoms with Crippen LogP contribution < -0.4 is 10.6 Å². The van der Waals surface area contributed by atoms with E-state index in [2.05, 4.69) is 20.6 Å². The van der Waals surface area contributed by atoms with Crippen LogP contribution in [0.3, 0.4) is 0 Å². The molecule has 2 heterocycles. The lowest BCUT2D eigenvalue weighted by atomic mass is 10.1. The SMILES string of the molecule is CCCNC(=O)c1cnccc1Nc1cc(-c2cc(Cl)ccc2F)ncc1C1CC1. The molecule has 30 heavy (non-hydrogen) atoms. The number of benzene rings is 1. The topological polar surface area (TPSA) is 66.9 Å². The van der Waals surface area contributed by atoms with Crippen molar-refractivity contribution >= 4 is 28.9 Å². The molecule has 1 amide bonds. The highest BCUT2D eigenvalue weighted by Gasteiger charge is 2.27. The lowest BCUT2D eigenvalue weighted by Crippen LogP contribution is -2.25. The molecule has 0 atom stereocenters. The molecular formula is C23H22ClFN4O. The van der Waals surface area contributed by atoms with Gasteiger partial charge in [0, 0.05) is 41.4 Å². The molecule has 1 saturated carbocycles. The van der Waals surface area contributed by atoms with Gasteiger partial charge in [0.15, 0.2) is 0 Å². The zero-order valence-corrected chi connectivity index (χ0v) is 17.3. The Labute approximate surface area is 179 Å². The van der Waals surface area contributed by atoms with Crippen LogP contribution in [0.2, 0.25) is 5.02 Å². The molecule has 5 nitrogen and oxygen atoms in total. The maximum Gasteiger partial charge on any atom is 0.254 e. The van der Waals surface area contributed by atoms with Crippen LogP contribution in [0, 0.1) is 5.82 Å². The lowest BCUT2D eigenvalue weighted by molar-refractivity contribution is 0.0954. The molecule has 1 fully saturated rings. The molecule has 0 saturated heterocycles. The minimum Gasteiger partial charge on any atom is -0.354 e. The van der Waals surface area contributed by atoms with Crippen molar-refractivity contribution in [3.63, 3.8) is 0 Å². The highest BCUT2D eigenvalue weighted by atomic mass is 35.5. The molecule has 1 aliphatic carbocycles. The highest BCUT2D eigenvalue weighted by Crippen LogP contribution is 2.44. The van der Waals surface area contributed by atoms with Crippen molar-refractivity contribution in [2.75, 3.05) is 11.9 Å². The van der Waals surface area contributed by atoms with Crippen LogP contribution >= 0.6 is 11.6 Å². The molecule has 1 aromatic carbocycles. The Morgan fingerprint density at radius 2 is 2.03 bits per heavy atom. The van der Waals surface area contributed by atoms with Crippen molar-refractivity contribution in [3.05, 3.63) is 70.9 Å². The van der Waals surface area contributed by atoms with E-state index in [0.717, 1.165) is 30.5 Å². The molecule has 154 valence electrons. The number of anilines is 2. The van der Waals surface area contributed by atoms with Crippen molar-refractivity contribution in [1.29, 1.82) is 0 Å². The van der Waals surface area contributed by atoms with Gasteiger partial charge < -0.3 is 10.6 Å². The number of pyridine rings is 2. The van der Waals surface area contributed by atoms with Crippen LogP contribution in [0.4, 0.5) is 15.8 Å². The molecule has 0 bridgehead atoms. The van der Waals surface area contributed by atoms with E-state index in [0.29, 0.717) is 40.0 Å².